The number of nitrogens with zero attached hydrogens (tertiary/aromatic N) is 4. The zero-order chi connectivity index (χ0) is 11.9. The highest BCUT2D eigenvalue weighted by atomic mass is 16.3. The van der Waals surface area contributed by atoms with Gasteiger partial charge in [0.15, 0.2) is 0 Å². The summed E-state index contributed by atoms with van der Waals surface area (Å²) in [6.45, 7) is 2.94. The van der Waals surface area contributed by atoms with Crippen molar-refractivity contribution in [3.8, 4) is 0 Å². The van der Waals surface area contributed by atoms with Gasteiger partial charge in [-0.1, -0.05) is 0 Å². The van der Waals surface area contributed by atoms with Crippen molar-refractivity contribution in [1.29, 1.82) is 0 Å². The molecule has 0 bridgehead atoms. The molecule has 6 nitrogen and oxygen atoms in total. The van der Waals surface area contributed by atoms with Gasteiger partial charge in [-0.25, -0.2) is 4.98 Å². The summed E-state index contributed by atoms with van der Waals surface area (Å²) >= 11 is 0. The minimum Gasteiger partial charge on any atom is -0.396 e. The third kappa shape index (κ3) is 1.84. The summed E-state index contributed by atoms with van der Waals surface area (Å²) in [5.41, 5.74) is 0.978. The molecule has 0 radical (unpaired) electrons. The molecule has 0 aromatic carbocycles. The maximum Gasteiger partial charge on any atom is 0.254 e. The predicted octanol–water partition coefficient (Wildman–Crippen LogP) is 0.617. The quantitative estimate of drug-likeness (QED) is 0.809. The van der Waals surface area contributed by atoms with Crippen molar-refractivity contribution >= 4 is 11.6 Å². The second kappa shape index (κ2) is 3.66. The zero-order valence-corrected chi connectivity index (χ0v) is 9.72. The normalized spacial score (nSPS) is 17.3. The summed E-state index contributed by atoms with van der Waals surface area (Å²) in [5, 5.41) is 16.7. The zero-order valence-electron chi connectivity index (χ0n) is 9.72. The minimum atomic E-state index is 0.0735. The number of aliphatic hydroxyl groups is 1. The van der Waals surface area contributed by atoms with Crippen LogP contribution in [0.3, 0.4) is 0 Å². The summed E-state index contributed by atoms with van der Waals surface area (Å²) in [5.74, 6) is 1.48. The van der Waals surface area contributed by atoms with E-state index in [0.717, 1.165) is 30.9 Å². The van der Waals surface area contributed by atoms with Crippen molar-refractivity contribution in [2.24, 2.45) is 5.41 Å². The molecule has 1 fully saturated rings. The van der Waals surface area contributed by atoms with Gasteiger partial charge in [0.05, 0.1) is 6.61 Å². The van der Waals surface area contributed by atoms with E-state index in [9.17, 15) is 5.11 Å². The molecule has 1 aliphatic carbocycles. The smallest absolute Gasteiger partial charge is 0.254 e. The van der Waals surface area contributed by atoms with Crippen LogP contribution in [0.2, 0.25) is 0 Å². The highest BCUT2D eigenvalue weighted by molar-refractivity contribution is 5.45. The van der Waals surface area contributed by atoms with Gasteiger partial charge in [-0.3, -0.25) is 0 Å². The summed E-state index contributed by atoms with van der Waals surface area (Å²) in [6, 6.07) is 1.94. The first-order valence-corrected chi connectivity index (χ1v) is 5.75. The Morgan fingerprint density at radius 2 is 2.35 bits per heavy atom. The molecule has 2 aromatic heterocycles. The van der Waals surface area contributed by atoms with Crippen LogP contribution in [0.25, 0.3) is 5.78 Å². The molecule has 6 heteroatoms. The number of aromatic nitrogens is 4. The Labute approximate surface area is 98.7 Å². The average Bonchev–Trinajstić information content (AvgIpc) is 2.96. The van der Waals surface area contributed by atoms with Crippen LogP contribution in [-0.2, 0) is 0 Å². The second-order valence-electron chi connectivity index (χ2n) is 4.77. The molecular formula is C11H15N5O. The highest BCUT2D eigenvalue weighted by Crippen LogP contribution is 2.44. The molecule has 90 valence electrons. The fraction of sp³-hybridized carbons (Fsp3) is 0.545. The Kier molecular flexibility index (Phi) is 2.25. The fourth-order valence-electron chi connectivity index (χ4n) is 1.90. The number of rotatable bonds is 4. The molecule has 0 spiro atoms. The van der Waals surface area contributed by atoms with Crippen molar-refractivity contribution < 1.29 is 5.11 Å². The maximum atomic E-state index is 9.28. The Hall–Kier alpha value is -1.69. The number of fused-ring (bicyclic) bond motifs is 1. The fourth-order valence-corrected chi connectivity index (χ4v) is 1.90. The van der Waals surface area contributed by atoms with Crippen LogP contribution in [-0.4, -0.2) is 37.8 Å². The number of aryl methyl sites for hydroxylation is 1. The van der Waals surface area contributed by atoms with Gasteiger partial charge < -0.3 is 10.4 Å². The van der Waals surface area contributed by atoms with Gasteiger partial charge in [0.2, 0.25) is 0 Å². The maximum absolute atomic E-state index is 9.28. The van der Waals surface area contributed by atoms with Crippen LogP contribution in [0.4, 0.5) is 5.82 Å². The third-order valence-corrected chi connectivity index (χ3v) is 3.32. The molecule has 2 N–H and O–H groups in total. The topological polar surface area (TPSA) is 75.3 Å². The lowest BCUT2D eigenvalue weighted by atomic mass is 10.1. The highest BCUT2D eigenvalue weighted by Gasteiger charge is 2.41. The lowest BCUT2D eigenvalue weighted by Gasteiger charge is -2.14. The van der Waals surface area contributed by atoms with Gasteiger partial charge in [0, 0.05) is 23.7 Å². The first kappa shape index (κ1) is 10.5. The van der Waals surface area contributed by atoms with Crippen molar-refractivity contribution in [3.05, 3.63) is 18.1 Å². The van der Waals surface area contributed by atoms with Crippen LogP contribution in [0.15, 0.2) is 12.4 Å². The van der Waals surface area contributed by atoms with Crippen LogP contribution >= 0.6 is 0 Å². The monoisotopic (exact) mass is 233 g/mol. The van der Waals surface area contributed by atoms with Gasteiger partial charge in [0.1, 0.15) is 12.1 Å². The molecule has 1 saturated carbocycles. The Balaban J connectivity index is 1.86. The molecule has 0 unspecified atom stereocenters. The SMILES string of the molecule is Cc1cc(NCC2(CO)CC2)n2ncnc2n1. The first-order valence-electron chi connectivity index (χ1n) is 5.75. The van der Waals surface area contributed by atoms with E-state index in [4.69, 9.17) is 0 Å². The van der Waals surface area contributed by atoms with Crippen LogP contribution in [0.1, 0.15) is 18.5 Å². The molecule has 0 saturated heterocycles. The van der Waals surface area contributed by atoms with E-state index >= 15 is 0 Å². The molecule has 0 aliphatic heterocycles. The van der Waals surface area contributed by atoms with Crippen LogP contribution < -0.4 is 5.32 Å². The standard InChI is InChI=1S/C11H15N5O/c1-8-4-9(12-5-11(6-17)2-3-11)16-10(15-8)13-7-14-16/h4,7,12,17H,2-3,5-6H2,1H3. The van der Waals surface area contributed by atoms with Crippen molar-refractivity contribution in [2.75, 3.05) is 18.5 Å². The summed E-state index contributed by atoms with van der Waals surface area (Å²) in [7, 11) is 0. The second-order valence-corrected chi connectivity index (χ2v) is 4.77. The number of nitrogens with one attached hydrogen (secondary N) is 1. The van der Waals surface area contributed by atoms with E-state index in [1.807, 2.05) is 13.0 Å². The molecule has 1 aliphatic rings. The number of hydrogen-bond acceptors (Lipinski definition) is 5. The van der Waals surface area contributed by atoms with Crippen LogP contribution in [0.5, 0.6) is 0 Å². The molecule has 2 heterocycles. The van der Waals surface area contributed by atoms with Gasteiger partial charge in [-0.05, 0) is 19.8 Å². The van der Waals surface area contributed by atoms with E-state index in [1.54, 1.807) is 4.52 Å². The number of hydrogen-bond donors (Lipinski definition) is 2. The molecule has 2 aromatic rings. The largest absolute Gasteiger partial charge is 0.396 e. The summed E-state index contributed by atoms with van der Waals surface area (Å²) < 4.78 is 1.68. The van der Waals surface area contributed by atoms with Gasteiger partial charge in [-0.15, -0.1) is 0 Å². The van der Waals surface area contributed by atoms with E-state index in [-0.39, 0.29) is 12.0 Å². The number of anilines is 1. The molecule has 0 atom stereocenters. The van der Waals surface area contributed by atoms with Crippen molar-refractivity contribution in [1.82, 2.24) is 19.6 Å². The van der Waals surface area contributed by atoms with E-state index in [1.165, 1.54) is 6.33 Å². The Morgan fingerprint density at radius 3 is 3.06 bits per heavy atom. The summed E-state index contributed by atoms with van der Waals surface area (Å²) in [4.78, 5) is 8.35. The molecular weight excluding hydrogens is 218 g/mol. The van der Waals surface area contributed by atoms with Gasteiger partial charge in [-0.2, -0.15) is 14.6 Å². The average molecular weight is 233 g/mol. The van der Waals surface area contributed by atoms with Gasteiger partial charge >= 0.3 is 0 Å². The third-order valence-electron chi connectivity index (χ3n) is 3.32. The van der Waals surface area contributed by atoms with E-state index < -0.39 is 0 Å². The van der Waals surface area contributed by atoms with Crippen LogP contribution in [0, 0.1) is 12.3 Å². The first-order chi connectivity index (χ1) is 8.22. The van der Waals surface area contributed by atoms with Crippen molar-refractivity contribution in [2.45, 2.75) is 19.8 Å². The Morgan fingerprint density at radius 1 is 1.53 bits per heavy atom. The lowest BCUT2D eigenvalue weighted by molar-refractivity contribution is 0.219. The molecule has 0 amide bonds. The summed E-state index contributed by atoms with van der Waals surface area (Å²) in [6.07, 6.45) is 3.66. The number of aliphatic hydroxyl groups excluding tert-OH is 1. The van der Waals surface area contributed by atoms with Gasteiger partial charge in [0.25, 0.3) is 5.78 Å². The lowest BCUT2D eigenvalue weighted by Crippen LogP contribution is -2.20. The molecule has 17 heavy (non-hydrogen) atoms. The molecule has 3 rings (SSSR count). The minimum absolute atomic E-state index is 0.0735. The Bertz CT molecular complexity index is 546. The van der Waals surface area contributed by atoms with E-state index in [0.29, 0.717) is 5.78 Å². The van der Waals surface area contributed by atoms with E-state index in [2.05, 4.69) is 20.4 Å². The van der Waals surface area contributed by atoms with Crippen molar-refractivity contribution in [3.63, 3.8) is 0 Å². The predicted molar refractivity (Wildman–Crippen MR) is 62.8 cm³/mol.